The van der Waals surface area contributed by atoms with Crippen LogP contribution in [0.4, 0.5) is 15.8 Å². The number of nitrogens with two attached hydrogens (primary N) is 1. The molecule has 4 heteroatoms. The van der Waals surface area contributed by atoms with Crippen molar-refractivity contribution in [3.63, 3.8) is 0 Å². The number of carbonyl (C=O) groups excluding carboxylic acids is 1. The van der Waals surface area contributed by atoms with Gasteiger partial charge in [-0.1, -0.05) is 12.1 Å². The fourth-order valence-corrected chi connectivity index (χ4v) is 2.06. The zero-order valence-electron chi connectivity index (χ0n) is 11.6. The number of carbonyl (C=O) groups is 1. The highest BCUT2D eigenvalue weighted by Gasteiger charge is 2.08. The Balaban J connectivity index is 2.17. The smallest absolute Gasteiger partial charge is 0.161 e. The molecule has 0 atom stereocenters. The zero-order valence-corrected chi connectivity index (χ0v) is 11.6. The van der Waals surface area contributed by atoms with E-state index in [2.05, 4.69) is 0 Å². The number of anilines is 2. The normalized spacial score (nSPS) is 10.3. The Hall–Kier alpha value is -2.36. The van der Waals surface area contributed by atoms with E-state index >= 15 is 0 Å². The third kappa shape index (κ3) is 3.15. The van der Waals surface area contributed by atoms with Crippen LogP contribution in [-0.2, 0) is 6.54 Å². The van der Waals surface area contributed by atoms with Gasteiger partial charge in [0.1, 0.15) is 5.82 Å². The number of nitrogens with zero attached hydrogens (tertiary/aromatic N) is 1. The van der Waals surface area contributed by atoms with Crippen LogP contribution in [0.3, 0.4) is 0 Å². The number of hydrogen-bond acceptors (Lipinski definition) is 3. The highest BCUT2D eigenvalue weighted by molar-refractivity contribution is 5.99. The first-order valence-corrected chi connectivity index (χ1v) is 6.33. The van der Waals surface area contributed by atoms with Gasteiger partial charge >= 0.3 is 0 Å². The quantitative estimate of drug-likeness (QED) is 0.686. The molecule has 2 rings (SSSR count). The summed E-state index contributed by atoms with van der Waals surface area (Å²) >= 11 is 0. The molecular formula is C16H17FN2O. The van der Waals surface area contributed by atoms with Gasteiger partial charge in [0.25, 0.3) is 0 Å². The van der Waals surface area contributed by atoms with Gasteiger partial charge in [0.05, 0.1) is 0 Å². The summed E-state index contributed by atoms with van der Waals surface area (Å²) in [5, 5.41) is 0. The van der Waals surface area contributed by atoms with Crippen LogP contribution in [0.15, 0.2) is 42.5 Å². The van der Waals surface area contributed by atoms with Crippen LogP contribution in [-0.4, -0.2) is 12.8 Å². The van der Waals surface area contributed by atoms with E-state index in [1.807, 2.05) is 18.0 Å². The predicted octanol–water partition coefficient (Wildman–Crippen LogP) is 3.25. The van der Waals surface area contributed by atoms with E-state index in [4.69, 9.17) is 5.73 Å². The molecule has 20 heavy (non-hydrogen) atoms. The van der Waals surface area contributed by atoms with Crippen LogP contribution in [0.25, 0.3) is 0 Å². The van der Waals surface area contributed by atoms with Gasteiger partial charge in [-0.25, -0.2) is 4.39 Å². The summed E-state index contributed by atoms with van der Waals surface area (Å²) in [5.74, 6) is -0.290. The largest absolute Gasteiger partial charge is 0.398 e. The van der Waals surface area contributed by atoms with Crippen LogP contribution in [0.1, 0.15) is 22.8 Å². The molecule has 0 saturated heterocycles. The number of halogens is 1. The topological polar surface area (TPSA) is 46.3 Å². The molecule has 104 valence electrons. The molecular weight excluding hydrogens is 255 g/mol. The molecule has 0 aromatic heterocycles. The van der Waals surface area contributed by atoms with Gasteiger partial charge in [-0.2, -0.15) is 0 Å². The van der Waals surface area contributed by atoms with Gasteiger partial charge in [0.2, 0.25) is 0 Å². The summed E-state index contributed by atoms with van der Waals surface area (Å²) in [6, 6.07) is 11.7. The van der Waals surface area contributed by atoms with Gasteiger partial charge in [0, 0.05) is 30.5 Å². The second-order valence-electron chi connectivity index (χ2n) is 4.81. The maximum absolute atomic E-state index is 12.9. The van der Waals surface area contributed by atoms with E-state index in [1.165, 1.54) is 19.1 Å². The highest BCUT2D eigenvalue weighted by atomic mass is 19.1. The Kier molecular flexibility index (Phi) is 4.03. The van der Waals surface area contributed by atoms with Crippen molar-refractivity contribution in [2.24, 2.45) is 0 Å². The minimum Gasteiger partial charge on any atom is -0.398 e. The second kappa shape index (κ2) is 5.74. The summed E-state index contributed by atoms with van der Waals surface area (Å²) in [6.07, 6.45) is 0. The Morgan fingerprint density at radius 2 is 1.85 bits per heavy atom. The van der Waals surface area contributed by atoms with Gasteiger partial charge < -0.3 is 10.6 Å². The molecule has 0 bridgehead atoms. The highest BCUT2D eigenvalue weighted by Crippen LogP contribution is 2.22. The average molecular weight is 272 g/mol. The number of benzene rings is 2. The zero-order chi connectivity index (χ0) is 14.7. The Morgan fingerprint density at radius 1 is 1.20 bits per heavy atom. The molecule has 0 aliphatic carbocycles. The van der Waals surface area contributed by atoms with Crippen LogP contribution in [0.2, 0.25) is 0 Å². The fourth-order valence-electron chi connectivity index (χ4n) is 2.06. The molecule has 0 unspecified atom stereocenters. The van der Waals surface area contributed by atoms with Gasteiger partial charge in [-0.15, -0.1) is 0 Å². The van der Waals surface area contributed by atoms with Crippen molar-refractivity contribution >= 4 is 17.2 Å². The number of rotatable bonds is 4. The first-order valence-electron chi connectivity index (χ1n) is 6.33. The van der Waals surface area contributed by atoms with E-state index in [-0.39, 0.29) is 11.6 Å². The Morgan fingerprint density at radius 3 is 2.40 bits per heavy atom. The lowest BCUT2D eigenvalue weighted by Crippen LogP contribution is -2.17. The lowest BCUT2D eigenvalue weighted by atomic mass is 10.1. The second-order valence-corrected chi connectivity index (χ2v) is 4.81. The molecule has 0 spiro atoms. The number of hydrogen-bond donors (Lipinski definition) is 1. The Labute approximate surface area is 117 Å². The monoisotopic (exact) mass is 272 g/mol. The van der Waals surface area contributed by atoms with Crippen LogP contribution in [0.5, 0.6) is 0 Å². The molecule has 2 aromatic rings. The van der Waals surface area contributed by atoms with E-state index in [9.17, 15) is 9.18 Å². The van der Waals surface area contributed by atoms with Crippen molar-refractivity contribution in [1.82, 2.24) is 0 Å². The minimum absolute atomic E-state index is 0.0461. The molecule has 0 aliphatic rings. The maximum Gasteiger partial charge on any atom is 0.161 e. The molecule has 0 aliphatic heterocycles. The number of nitrogen functional groups attached to an aromatic ring is 1. The molecule has 2 aromatic carbocycles. The molecule has 3 nitrogen and oxygen atoms in total. The van der Waals surface area contributed by atoms with E-state index in [1.54, 1.807) is 24.3 Å². The predicted molar refractivity (Wildman–Crippen MR) is 79.4 cm³/mol. The standard InChI is InChI=1S/C16H17FN2O/c1-11(20)15-8-7-14(9-16(15)18)19(2)10-12-3-5-13(17)6-4-12/h3-9H,10,18H2,1-2H3. The van der Waals surface area contributed by atoms with Crippen molar-refractivity contribution < 1.29 is 9.18 Å². The van der Waals surface area contributed by atoms with Crippen molar-refractivity contribution in [2.45, 2.75) is 13.5 Å². The third-order valence-corrected chi connectivity index (χ3v) is 3.19. The minimum atomic E-state index is -0.244. The van der Waals surface area contributed by atoms with Crippen LogP contribution >= 0.6 is 0 Å². The molecule has 0 saturated carbocycles. The molecule has 0 amide bonds. The third-order valence-electron chi connectivity index (χ3n) is 3.19. The van der Waals surface area contributed by atoms with E-state index in [0.29, 0.717) is 17.8 Å². The van der Waals surface area contributed by atoms with Gasteiger partial charge in [-0.05, 0) is 42.8 Å². The van der Waals surface area contributed by atoms with Crippen molar-refractivity contribution in [3.8, 4) is 0 Å². The van der Waals surface area contributed by atoms with Crippen molar-refractivity contribution in [3.05, 3.63) is 59.4 Å². The molecule has 0 heterocycles. The van der Waals surface area contributed by atoms with E-state index in [0.717, 1.165) is 11.3 Å². The van der Waals surface area contributed by atoms with Crippen molar-refractivity contribution in [2.75, 3.05) is 17.7 Å². The van der Waals surface area contributed by atoms with Gasteiger partial charge in [-0.3, -0.25) is 4.79 Å². The maximum atomic E-state index is 12.9. The number of Topliss-reactive ketones (excluding diaryl/α,β-unsaturated/α-hetero) is 1. The summed E-state index contributed by atoms with van der Waals surface area (Å²) < 4.78 is 12.9. The molecule has 0 radical (unpaired) electrons. The summed E-state index contributed by atoms with van der Waals surface area (Å²) in [4.78, 5) is 13.3. The first-order chi connectivity index (χ1) is 9.47. The van der Waals surface area contributed by atoms with Crippen LogP contribution in [0, 0.1) is 5.82 Å². The van der Waals surface area contributed by atoms with Crippen LogP contribution < -0.4 is 10.6 Å². The summed E-state index contributed by atoms with van der Waals surface area (Å²) in [5.41, 5.74) is 8.80. The fraction of sp³-hybridized carbons (Fsp3) is 0.188. The number of ketones is 1. The lowest BCUT2D eigenvalue weighted by Gasteiger charge is -2.20. The molecule has 2 N–H and O–H groups in total. The summed E-state index contributed by atoms with van der Waals surface area (Å²) in [6.45, 7) is 2.13. The molecule has 0 fully saturated rings. The SMILES string of the molecule is CC(=O)c1ccc(N(C)Cc2ccc(F)cc2)cc1N. The van der Waals surface area contributed by atoms with Crippen molar-refractivity contribution in [1.29, 1.82) is 0 Å². The van der Waals surface area contributed by atoms with Gasteiger partial charge in [0.15, 0.2) is 5.78 Å². The first kappa shape index (κ1) is 14.1. The summed E-state index contributed by atoms with van der Waals surface area (Å²) in [7, 11) is 1.92. The Bertz CT molecular complexity index is 623. The average Bonchev–Trinajstić information content (AvgIpc) is 2.40. The lowest BCUT2D eigenvalue weighted by molar-refractivity contribution is 0.101. The van der Waals surface area contributed by atoms with E-state index < -0.39 is 0 Å².